The van der Waals surface area contributed by atoms with E-state index >= 15 is 0 Å². The molecule has 80 valence electrons. The van der Waals surface area contributed by atoms with Crippen molar-refractivity contribution >= 4 is 0 Å². The number of ether oxygens (including phenoxy) is 1. The van der Waals surface area contributed by atoms with Crippen molar-refractivity contribution in [1.82, 2.24) is 0 Å². The fraction of sp³-hybridized carbons (Fsp3) is 0.417. The highest BCUT2D eigenvalue weighted by atomic mass is 16.5. The van der Waals surface area contributed by atoms with Crippen molar-refractivity contribution in [3.05, 3.63) is 28.8 Å². The number of nitrogens with zero attached hydrogens (tertiary/aromatic N) is 1. The molecule has 0 aromatic heterocycles. The van der Waals surface area contributed by atoms with Gasteiger partial charge in [0.05, 0.1) is 18.3 Å². The van der Waals surface area contributed by atoms with Crippen LogP contribution in [0.4, 0.5) is 0 Å². The standard InChI is InChI=1S/C12H15NO2/c1-8-5-10(12(2,3)14)6-9(7-13)11(8)15-4/h5-6,14H,1-4H3. The minimum absolute atomic E-state index is 0.453. The van der Waals surface area contributed by atoms with Gasteiger partial charge in [-0.1, -0.05) is 0 Å². The van der Waals surface area contributed by atoms with E-state index in [-0.39, 0.29) is 0 Å². The number of nitriles is 1. The molecule has 1 rings (SSSR count). The van der Waals surface area contributed by atoms with Crippen molar-refractivity contribution in [1.29, 1.82) is 5.26 Å². The maximum absolute atomic E-state index is 9.85. The predicted molar refractivity (Wildman–Crippen MR) is 57.7 cm³/mol. The van der Waals surface area contributed by atoms with Crippen LogP contribution >= 0.6 is 0 Å². The van der Waals surface area contributed by atoms with E-state index in [9.17, 15) is 5.11 Å². The van der Waals surface area contributed by atoms with Crippen LogP contribution < -0.4 is 4.74 Å². The van der Waals surface area contributed by atoms with Crippen molar-refractivity contribution in [2.75, 3.05) is 7.11 Å². The van der Waals surface area contributed by atoms with Crippen LogP contribution in [0.5, 0.6) is 5.75 Å². The van der Waals surface area contributed by atoms with Crippen LogP contribution in [0.3, 0.4) is 0 Å². The Hall–Kier alpha value is -1.53. The van der Waals surface area contributed by atoms with Gasteiger partial charge in [-0.2, -0.15) is 5.26 Å². The van der Waals surface area contributed by atoms with Crippen LogP contribution in [-0.4, -0.2) is 12.2 Å². The predicted octanol–water partition coefficient (Wildman–Crippen LogP) is 2.10. The molecule has 1 N–H and O–H groups in total. The molecule has 1 aromatic carbocycles. The maximum Gasteiger partial charge on any atom is 0.139 e. The third-order valence-corrected chi connectivity index (χ3v) is 2.31. The van der Waals surface area contributed by atoms with Gasteiger partial charge in [-0.3, -0.25) is 0 Å². The highest BCUT2D eigenvalue weighted by Crippen LogP contribution is 2.29. The average Bonchev–Trinajstić information content (AvgIpc) is 2.15. The van der Waals surface area contributed by atoms with Gasteiger partial charge in [-0.15, -0.1) is 0 Å². The van der Waals surface area contributed by atoms with Crippen molar-refractivity contribution in [2.45, 2.75) is 26.4 Å². The first-order valence-corrected chi connectivity index (χ1v) is 4.71. The van der Waals surface area contributed by atoms with Crippen LogP contribution in [0.1, 0.15) is 30.5 Å². The second kappa shape index (κ2) is 3.92. The lowest BCUT2D eigenvalue weighted by Crippen LogP contribution is -2.16. The number of aryl methyl sites for hydroxylation is 1. The Labute approximate surface area is 89.9 Å². The molecule has 0 atom stereocenters. The summed E-state index contributed by atoms with van der Waals surface area (Å²) >= 11 is 0. The van der Waals surface area contributed by atoms with Crippen molar-refractivity contribution in [2.24, 2.45) is 0 Å². The monoisotopic (exact) mass is 205 g/mol. The summed E-state index contributed by atoms with van der Waals surface area (Å²) in [7, 11) is 1.53. The van der Waals surface area contributed by atoms with Gasteiger partial charge in [0.2, 0.25) is 0 Å². The molecular weight excluding hydrogens is 190 g/mol. The van der Waals surface area contributed by atoms with E-state index in [2.05, 4.69) is 6.07 Å². The molecule has 0 aliphatic heterocycles. The molecule has 3 nitrogen and oxygen atoms in total. The summed E-state index contributed by atoms with van der Waals surface area (Å²) in [6.07, 6.45) is 0. The summed E-state index contributed by atoms with van der Waals surface area (Å²) in [4.78, 5) is 0. The molecule has 0 spiro atoms. The first-order chi connectivity index (χ1) is 6.90. The van der Waals surface area contributed by atoms with E-state index in [1.165, 1.54) is 7.11 Å². The summed E-state index contributed by atoms with van der Waals surface area (Å²) in [5.41, 5.74) is 1.09. The number of hydrogen-bond donors (Lipinski definition) is 1. The van der Waals surface area contributed by atoms with Crippen molar-refractivity contribution in [3.63, 3.8) is 0 Å². The van der Waals surface area contributed by atoms with E-state index in [4.69, 9.17) is 10.00 Å². The molecule has 1 aromatic rings. The highest BCUT2D eigenvalue weighted by molar-refractivity contribution is 5.51. The van der Waals surface area contributed by atoms with E-state index in [0.717, 1.165) is 11.1 Å². The number of aliphatic hydroxyl groups is 1. The lowest BCUT2D eigenvalue weighted by Gasteiger charge is -2.20. The molecule has 15 heavy (non-hydrogen) atoms. The lowest BCUT2D eigenvalue weighted by molar-refractivity contribution is 0.0784. The number of methoxy groups -OCH3 is 1. The third-order valence-electron chi connectivity index (χ3n) is 2.31. The molecule has 0 radical (unpaired) electrons. The summed E-state index contributed by atoms with van der Waals surface area (Å²) in [5, 5.41) is 18.8. The number of benzene rings is 1. The lowest BCUT2D eigenvalue weighted by atomic mass is 9.94. The Bertz CT molecular complexity index is 411. The SMILES string of the molecule is COc1c(C)cc(C(C)(C)O)cc1C#N. The molecule has 0 aliphatic rings. The smallest absolute Gasteiger partial charge is 0.139 e. The van der Waals surface area contributed by atoms with Gasteiger partial charge in [0.1, 0.15) is 11.8 Å². The molecule has 0 amide bonds. The molecule has 0 fully saturated rings. The normalized spacial score (nSPS) is 10.9. The topological polar surface area (TPSA) is 53.2 Å². The summed E-state index contributed by atoms with van der Waals surface area (Å²) < 4.78 is 5.13. The van der Waals surface area contributed by atoms with E-state index in [0.29, 0.717) is 11.3 Å². The maximum atomic E-state index is 9.85. The zero-order valence-corrected chi connectivity index (χ0v) is 9.46. The van der Waals surface area contributed by atoms with Gasteiger partial charge in [0.25, 0.3) is 0 Å². The number of rotatable bonds is 2. The van der Waals surface area contributed by atoms with Crippen LogP contribution in [-0.2, 0) is 5.60 Å². The van der Waals surface area contributed by atoms with E-state index < -0.39 is 5.60 Å². The van der Waals surface area contributed by atoms with Crippen LogP contribution in [0.25, 0.3) is 0 Å². The molecule has 0 heterocycles. The molecule has 0 saturated heterocycles. The Morgan fingerprint density at radius 2 is 2.00 bits per heavy atom. The second-order valence-electron chi connectivity index (χ2n) is 4.04. The van der Waals surface area contributed by atoms with Crippen molar-refractivity contribution in [3.8, 4) is 11.8 Å². The fourth-order valence-corrected chi connectivity index (χ4v) is 1.48. The minimum Gasteiger partial charge on any atom is -0.495 e. The van der Waals surface area contributed by atoms with Gasteiger partial charge < -0.3 is 9.84 Å². The second-order valence-corrected chi connectivity index (χ2v) is 4.04. The Morgan fingerprint density at radius 3 is 2.40 bits per heavy atom. The largest absolute Gasteiger partial charge is 0.495 e. The van der Waals surface area contributed by atoms with Crippen LogP contribution in [0, 0.1) is 18.3 Å². The molecule has 0 unspecified atom stereocenters. The minimum atomic E-state index is -0.942. The van der Waals surface area contributed by atoms with E-state index in [1.54, 1.807) is 19.9 Å². The zero-order chi connectivity index (χ0) is 11.6. The zero-order valence-electron chi connectivity index (χ0n) is 9.46. The third kappa shape index (κ3) is 2.28. The first-order valence-electron chi connectivity index (χ1n) is 4.71. The van der Waals surface area contributed by atoms with E-state index in [1.807, 2.05) is 13.0 Å². The average molecular weight is 205 g/mol. The van der Waals surface area contributed by atoms with Crippen LogP contribution in [0.15, 0.2) is 12.1 Å². The molecule has 0 bridgehead atoms. The fourth-order valence-electron chi connectivity index (χ4n) is 1.48. The van der Waals surface area contributed by atoms with Gasteiger partial charge in [0, 0.05) is 0 Å². The Morgan fingerprint density at radius 1 is 1.40 bits per heavy atom. The molecular formula is C12H15NO2. The molecule has 0 aliphatic carbocycles. The summed E-state index contributed by atoms with van der Waals surface area (Å²) in [5.74, 6) is 0.575. The number of hydrogen-bond acceptors (Lipinski definition) is 3. The van der Waals surface area contributed by atoms with Gasteiger partial charge in [-0.05, 0) is 44.0 Å². The van der Waals surface area contributed by atoms with Gasteiger partial charge in [0.15, 0.2) is 0 Å². The summed E-state index contributed by atoms with van der Waals surface area (Å²) in [6.45, 7) is 5.24. The highest BCUT2D eigenvalue weighted by Gasteiger charge is 2.19. The van der Waals surface area contributed by atoms with Gasteiger partial charge >= 0.3 is 0 Å². The Kier molecular flexibility index (Phi) is 3.01. The molecule has 0 saturated carbocycles. The van der Waals surface area contributed by atoms with Gasteiger partial charge in [-0.25, -0.2) is 0 Å². The first kappa shape index (κ1) is 11.5. The molecule has 3 heteroatoms. The van der Waals surface area contributed by atoms with Crippen molar-refractivity contribution < 1.29 is 9.84 Å². The van der Waals surface area contributed by atoms with Crippen LogP contribution in [0.2, 0.25) is 0 Å². The Balaban J connectivity index is 3.41. The quantitative estimate of drug-likeness (QED) is 0.804. The summed E-state index contributed by atoms with van der Waals surface area (Å²) in [6, 6.07) is 5.56.